The van der Waals surface area contributed by atoms with Crippen molar-refractivity contribution in [3.05, 3.63) is 53.3 Å². The lowest BCUT2D eigenvalue weighted by Crippen LogP contribution is -2.72. The highest BCUT2D eigenvalue weighted by Gasteiger charge is 2.65. The van der Waals surface area contributed by atoms with Crippen molar-refractivity contribution in [1.29, 1.82) is 0 Å². The molecule has 0 spiro atoms. The zero-order chi connectivity index (χ0) is 15.1. The van der Waals surface area contributed by atoms with E-state index in [-0.39, 0.29) is 5.54 Å². The molecule has 0 unspecified atom stereocenters. The number of nitrogens with zero attached hydrogens (tertiary/aromatic N) is 2. The van der Waals surface area contributed by atoms with Crippen LogP contribution in [0, 0.1) is 6.92 Å². The Labute approximate surface area is 132 Å². The summed E-state index contributed by atoms with van der Waals surface area (Å²) in [5.41, 5.74) is 6.72. The summed E-state index contributed by atoms with van der Waals surface area (Å²) < 4.78 is 2.40. The number of hydrogen-bond donors (Lipinski definition) is 0. The van der Waals surface area contributed by atoms with Crippen LogP contribution in [-0.4, -0.2) is 10.6 Å². The second-order valence-corrected chi connectivity index (χ2v) is 7.71. The SMILES string of the molecule is Cc1ccccc1N1[C@@H](C)C23CCC1(CC2)c1c3ccn1C. The van der Waals surface area contributed by atoms with E-state index in [9.17, 15) is 0 Å². The Bertz CT molecular complexity index is 762. The average Bonchev–Trinajstić information content (AvgIpc) is 2.95. The van der Waals surface area contributed by atoms with Crippen LogP contribution in [0.25, 0.3) is 0 Å². The Morgan fingerprint density at radius 3 is 2.50 bits per heavy atom. The van der Waals surface area contributed by atoms with Crippen LogP contribution in [0.4, 0.5) is 5.69 Å². The van der Waals surface area contributed by atoms with E-state index in [1.54, 1.807) is 11.3 Å². The summed E-state index contributed by atoms with van der Waals surface area (Å²) in [5.74, 6) is 0. The molecular weight excluding hydrogens is 268 g/mol. The van der Waals surface area contributed by atoms with Crippen LogP contribution in [0.5, 0.6) is 0 Å². The van der Waals surface area contributed by atoms with Gasteiger partial charge in [0.2, 0.25) is 0 Å². The Hall–Kier alpha value is -1.70. The number of aryl methyl sites for hydroxylation is 2. The summed E-state index contributed by atoms with van der Waals surface area (Å²) in [4.78, 5) is 2.79. The largest absolute Gasteiger partial charge is 0.356 e. The van der Waals surface area contributed by atoms with E-state index >= 15 is 0 Å². The fourth-order valence-electron chi connectivity index (χ4n) is 6.01. The van der Waals surface area contributed by atoms with E-state index < -0.39 is 0 Å². The fraction of sp³-hybridized carbons (Fsp3) is 0.500. The molecule has 3 fully saturated rings. The molecule has 3 aliphatic carbocycles. The van der Waals surface area contributed by atoms with E-state index in [1.165, 1.54) is 36.9 Å². The maximum absolute atomic E-state index is 2.79. The third kappa shape index (κ3) is 1.17. The van der Waals surface area contributed by atoms with Gasteiger partial charge in [-0.1, -0.05) is 18.2 Å². The first-order chi connectivity index (χ1) is 10.6. The Kier molecular flexibility index (Phi) is 2.21. The number of hydrogen-bond acceptors (Lipinski definition) is 1. The molecule has 2 bridgehead atoms. The van der Waals surface area contributed by atoms with Gasteiger partial charge in [0.1, 0.15) is 0 Å². The van der Waals surface area contributed by atoms with E-state index in [1.807, 2.05) is 0 Å². The van der Waals surface area contributed by atoms with Crippen LogP contribution in [0.15, 0.2) is 36.5 Å². The molecule has 1 atom stereocenters. The summed E-state index contributed by atoms with van der Waals surface area (Å²) in [6.45, 7) is 4.73. The minimum atomic E-state index is 0.221. The first-order valence-electron chi connectivity index (χ1n) is 8.61. The second kappa shape index (κ2) is 3.79. The lowest BCUT2D eigenvalue weighted by molar-refractivity contribution is 0.0502. The summed E-state index contributed by atoms with van der Waals surface area (Å²) in [7, 11) is 2.24. The molecule has 2 nitrogen and oxygen atoms in total. The zero-order valence-electron chi connectivity index (χ0n) is 13.8. The molecule has 2 aromatic rings. The van der Waals surface area contributed by atoms with Gasteiger partial charge in [0.15, 0.2) is 0 Å². The van der Waals surface area contributed by atoms with Gasteiger partial charge in [-0.25, -0.2) is 0 Å². The van der Waals surface area contributed by atoms with Gasteiger partial charge in [0.25, 0.3) is 0 Å². The highest BCUT2D eigenvalue weighted by Crippen LogP contribution is 2.66. The molecule has 2 heteroatoms. The van der Waals surface area contributed by atoms with Gasteiger partial charge in [-0.15, -0.1) is 0 Å². The second-order valence-electron chi connectivity index (χ2n) is 7.71. The first-order valence-corrected chi connectivity index (χ1v) is 8.61. The highest BCUT2D eigenvalue weighted by atomic mass is 15.3. The zero-order valence-corrected chi connectivity index (χ0v) is 13.8. The van der Waals surface area contributed by atoms with Crippen molar-refractivity contribution in [1.82, 2.24) is 4.57 Å². The summed E-state index contributed by atoms with van der Waals surface area (Å²) >= 11 is 0. The van der Waals surface area contributed by atoms with E-state index in [4.69, 9.17) is 0 Å². The van der Waals surface area contributed by atoms with Crippen molar-refractivity contribution in [2.75, 3.05) is 4.90 Å². The topological polar surface area (TPSA) is 8.17 Å². The van der Waals surface area contributed by atoms with Crippen molar-refractivity contribution in [3.63, 3.8) is 0 Å². The number of piperidine rings is 2. The number of anilines is 1. The lowest BCUT2D eigenvalue weighted by atomic mass is 9.48. The number of para-hydroxylation sites is 1. The minimum absolute atomic E-state index is 0.221. The molecule has 2 saturated heterocycles. The number of rotatable bonds is 1. The van der Waals surface area contributed by atoms with Crippen molar-refractivity contribution in [2.24, 2.45) is 7.05 Å². The number of benzene rings is 1. The Morgan fingerprint density at radius 2 is 1.77 bits per heavy atom. The molecule has 114 valence electrons. The molecule has 4 heterocycles. The van der Waals surface area contributed by atoms with Crippen LogP contribution < -0.4 is 4.90 Å². The molecule has 6 aliphatic rings. The predicted molar refractivity (Wildman–Crippen MR) is 90.4 cm³/mol. The molecule has 1 aromatic heterocycles. The Balaban J connectivity index is 1.81. The maximum atomic E-state index is 2.79. The van der Waals surface area contributed by atoms with Gasteiger partial charge in [-0.05, 0) is 62.8 Å². The molecule has 0 N–H and O–H groups in total. The maximum Gasteiger partial charge on any atom is 0.0810 e. The van der Waals surface area contributed by atoms with Crippen LogP contribution in [0.1, 0.15) is 49.4 Å². The molecule has 1 aromatic carbocycles. The molecule has 3 aliphatic heterocycles. The van der Waals surface area contributed by atoms with Gasteiger partial charge in [-0.3, -0.25) is 0 Å². The normalized spacial score (nSPS) is 35.0. The molecule has 0 radical (unpaired) electrons. The molecule has 8 rings (SSSR count). The van der Waals surface area contributed by atoms with Gasteiger partial charge in [0, 0.05) is 36.1 Å². The summed E-state index contributed by atoms with van der Waals surface area (Å²) in [6, 6.07) is 12.0. The molecule has 1 saturated carbocycles. The van der Waals surface area contributed by atoms with Crippen molar-refractivity contribution in [3.8, 4) is 0 Å². The van der Waals surface area contributed by atoms with Crippen LogP contribution in [0.3, 0.4) is 0 Å². The van der Waals surface area contributed by atoms with Gasteiger partial charge in [-0.2, -0.15) is 0 Å². The average molecular weight is 292 g/mol. The fourth-order valence-corrected chi connectivity index (χ4v) is 6.01. The third-order valence-electron chi connectivity index (χ3n) is 7.04. The third-order valence-corrected chi connectivity index (χ3v) is 7.04. The molecule has 0 amide bonds. The molecular formula is C20H24N2. The first kappa shape index (κ1) is 12.8. The molecule has 22 heavy (non-hydrogen) atoms. The van der Waals surface area contributed by atoms with Gasteiger partial charge >= 0.3 is 0 Å². The van der Waals surface area contributed by atoms with E-state index in [0.717, 1.165) is 0 Å². The standard InChI is InChI=1S/C20H24N2/c1-14-6-4-5-7-17(14)22-15(2)19-9-11-20(22,12-10-19)18-16(19)8-13-21(18)3/h4-8,13,15H,9-12H2,1-3H3/t15-,19?,20?/m0/s1. The van der Waals surface area contributed by atoms with Gasteiger partial charge in [0.05, 0.1) is 5.54 Å². The van der Waals surface area contributed by atoms with Crippen LogP contribution in [-0.2, 0) is 18.0 Å². The minimum Gasteiger partial charge on any atom is -0.356 e. The summed E-state index contributed by atoms with van der Waals surface area (Å²) in [5, 5.41) is 0. The van der Waals surface area contributed by atoms with E-state index in [2.05, 4.69) is 66.9 Å². The lowest BCUT2D eigenvalue weighted by Gasteiger charge is -2.69. The van der Waals surface area contributed by atoms with Crippen LogP contribution in [0.2, 0.25) is 0 Å². The quantitative estimate of drug-likeness (QED) is 0.762. The van der Waals surface area contributed by atoms with Crippen molar-refractivity contribution in [2.45, 2.75) is 56.5 Å². The van der Waals surface area contributed by atoms with Gasteiger partial charge < -0.3 is 9.47 Å². The number of aromatic nitrogens is 1. The predicted octanol–water partition coefficient (Wildman–Crippen LogP) is 4.26. The monoisotopic (exact) mass is 292 g/mol. The van der Waals surface area contributed by atoms with Crippen molar-refractivity contribution >= 4 is 5.69 Å². The Morgan fingerprint density at radius 1 is 1.05 bits per heavy atom. The van der Waals surface area contributed by atoms with E-state index in [0.29, 0.717) is 11.5 Å². The van der Waals surface area contributed by atoms with Crippen LogP contribution >= 0.6 is 0 Å². The highest BCUT2D eigenvalue weighted by molar-refractivity contribution is 5.65. The van der Waals surface area contributed by atoms with Crippen molar-refractivity contribution < 1.29 is 0 Å². The summed E-state index contributed by atoms with van der Waals surface area (Å²) in [6.07, 6.45) is 7.66. The smallest absolute Gasteiger partial charge is 0.0810 e.